The summed E-state index contributed by atoms with van der Waals surface area (Å²) in [5, 5.41) is 7.36. The number of amides is 3. The number of rotatable bonds is 10. The lowest BCUT2D eigenvalue weighted by Crippen LogP contribution is -2.35. The molecule has 30 heavy (non-hydrogen) atoms. The predicted molar refractivity (Wildman–Crippen MR) is 108 cm³/mol. The molecule has 0 aliphatic carbocycles. The van der Waals surface area contributed by atoms with Crippen LogP contribution < -0.4 is 30.2 Å². The van der Waals surface area contributed by atoms with Crippen molar-refractivity contribution in [3.05, 3.63) is 42.5 Å². The van der Waals surface area contributed by atoms with Gasteiger partial charge in [0.25, 0.3) is 0 Å². The third-order valence-electron chi connectivity index (χ3n) is 3.59. The van der Waals surface area contributed by atoms with Gasteiger partial charge in [-0.2, -0.15) is 8.78 Å². The highest BCUT2D eigenvalue weighted by Crippen LogP contribution is 2.30. The zero-order valence-corrected chi connectivity index (χ0v) is 16.5. The fourth-order valence-corrected chi connectivity index (χ4v) is 2.43. The van der Waals surface area contributed by atoms with Crippen LogP contribution in [0.15, 0.2) is 42.5 Å². The first-order valence-electron chi connectivity index (χ1n) is 9.21. The highest BCUT2D eigenvalue weighted by atomic mass is 19.3. The first-order chi connectivity index (χ1) is 14.4. The average Bonchev–Trinajstić information content (AvgIpc) is 2.70. The van der Waals surface area contributed by atoms with E-state index in [0.717, 1.165) is 0 Å². The van der Waals surface area contributed by atoms with Crippen LogP contribution in [0, 0.1) is 0 Å². The number of para-hydroxylation sites is 2. The number of nitrogens with one attached hydrogen (secondary N) is 3. The molecule has 0 bridgehead atoms. The Hall–Kier alpha value is -3.56. The minimum absolute atomic E-state index is 0.0675. The van der Waals surface area contributed by atoms with Gasteiger partial charge in [-0.05, 0) is 38.1 Å². The van der Waals surface area contributed by atoms with Crippen molar-refractivity contribution in [3.8, 4) is 17.2 Å². The molecule has 0 heterocycles. The van der Waals surface area contributed by atoms with Crippen molar-refractivity contribution in [2.45, 2.75) is 20.5 Å². The number of carbonyl (C=O) groups excluding carboxylic acids is 2. The molecular formula is C20H23F2N3O5. The molecule has 10 heteroatoms. The molecule has 0 atom stereocenters. The third-order valence-corrected chi connectivity index (χ3v) is 3.59. The van der Waals surface area contributed by atoms with Crippen LogP contribution in [0.4, 0.5) is 25.0 Å². The van der Waals surface area contributed by atoms with Gasteiger partial charge in [-0.25, -0.2) is 4.79 Å². The van der Waals surface area contributed by atoms with Crippen molar-refractivity contribution in [2.75, 3.05) is 30.4 Å². The molecular weight excluding hydrogens is 400 g/mol. The van der Waals surface area contributed by atoms with Gasteiger partial charge in [0.2, 0.25) is 5.91 Å². The van der Waals surface area contributed by atoms with Crippen LogP contribution in [-0.2, 0) is 4.79 Å². The van der Waals surface area contributed by atoms with E-state index in [2.05, 4.69) is 20.7 Å². The van der Waals surface area contributed by atoms with Crippen LogP contribution in [0.25, 0.3) is 0 Å². The average molecular weight is 423 g/mol. The van der Waals surface area contributed by atoms with Gasteiger partial charge < -0.3 is 30.2 Å². The number of urea groups is 1. The summed E-state index contributed by atoms with van der Waals surface area (Å²) in [4.78, 5) is 24.1. The molecule has 2 aromatic carbocycles. The molecule has 0 aliphatic rings. The lowest BCUT2D eigenvalue weighted by atomic mass is 10.2. The minimum Gasteiger partial charge on any atom is -0.490 e. The first-order valence-corrected chi connectivity index (χ1v) is 9.21. The topological polar surface area (TPSA) is 97.9 Å². The second-order valence-electron chi connectivity index (χ2n) is 5.76. The van der Waals surface area contributed by atoms with Crippen molar-refractivity contribution < 1.29 is 32.6 Å². The summed E-state index contributed by atoms with van der Waals surface area (Å²) < 4.78 is 40.1. The second-order valence-corrected chi connectivity index (χ2v) is 5.76. The molecule has 0 aromatic heterocycles. The number of hydrogen-bond acceptors (Lipinski definition) is 5. The Morgan fingerprint density at radius 3 is 2.33 bits per heavy atom. The van der Waals surface area contributed by atoms with E-state index in [4.69, 9.17) is 9.47 Å². The summed E-state index contributed by atoms with van der Waals surface area (Å²) in [5.41, 5.74) is 0.508. The Labute approximate surface area is 172 Å². The highest BCUT2D eigenvalue weighted by molar-refractivity contribution is 5.97. The van der Waals surface area contributed by atoms with Gasteiger partial charge >= 0.3 is 12.6 Å². The summed E-state index contributed by atoms with van der Waals surface area (Å²) in [5.74, 6) is 0.236. The van der Waals surface area contributed by atoms with E-state index in [1.54, 1.807) is 24.3 Å². The SMILES string of the molecule is CCOc1ccc(NC(=O)NCC(=O)Nc2ccccc2OC(F)F)cc1OCC. The van der Waals surface area contributed by atoms with Crippen LogP contribution in [0.2, 0.25) is 0 Å². The summed E-state index contributed by atoms with van der Waals surface area (Å²) in [6.07, 6.45) is 0. The zero-order valence-electron chi connectivity index (χ0n) is 16.5. The van der Waals surface area contributed by atoms with Gasteiger partial charge in [0, 0.05) is 11.8 Å². The fraction of sp³-hybridized carbons (Fsp3) is 0.300. The number of anilines is 2. The lowest BCUT2D eigenvalue weighted by Gasteiger charge is -2.14. The van der Waals surface area contributed by atoms with Crippen LogP contribution in [0.1, 0.15) is 13.8 Å². The van der Waals surface area contributed by atoms with E-state index in [9.17, 15) is 18.4 Å². The van der Waals surface area contributed by atoms with Gasteiger partial charge in [0.1, 0.15) is 5.75 Å². The molecule has 0 radical (unpaired) electrons. The third kappa shape index (κ3) is 7.12. The van der Waals surface area contributed by atoms with Crippen molar-refractivity contribution in [2.24, 2.45) is 0 Å². The smallest absolute Gasteiger partial charge is 0.387 e. The summed E-state index contributed by atoms with van der Waals surface area (Å²) in [6, 6.07) is 10.0. The Kier molecular flexibility index (Phi) is 8.67. The van der Waals surface area contributed by atoms with Gasteiger partial charge in [0.05, 0.1) is 25.4 Å². The maximum Gasteiger partial charge on any atom is 0.387 e. The van der Waals surface area contributed by atoms with Crippen molar-refractivity contribution >= 4 is 23.3 Å². The number of alkyl halides is 2. The van der Waals surface area contributed by atoms with E-state index in [-0.39, 0.29) is 18.0 Å². The van der Waals surface area contributed by atoms with Gasteiger partial charge in [-0.3, -0.25) is 4.79 Å². The van der Waals surface area contributed by atoms with Crippen molar-refractivity contribution in [3.63, 3.8) is 0 Å². The largest absolute Gasteiger partial charge is 0.490 e. The number of carbonyl (C=O) groups is 2. The summed E-state index contributed by atoms with van der Waals surface area (Å²) in [7, 11) is 0. The molecule has 3 amide bonds. The maximum absolute atomic E-state index is 12.4. The Balaban J connectivity index is 1.90. The van der Waals surface area contributed by atoms with E-state index in [0.29, 0.717) is 30.4 Å². The van der Waals surface area contributed by atoms with Gasteiger partial charge in [0.15, 0.2) is 11.5 Å². The van der Waals surface area contributed by atoms with E-state index in [1.165, 1.54) is 18.2 Å². The molecule has 0 spiro atoms. The van der Waals surface area contributed by atoms with Crippen LogP contribution in [0.3, 0.4) is 0 Å². The predicted octanol–water partition coefficient (Wildman–Crippen LogP) is 3.85. The molecule has 0 saturated carbocycles. The molecule has 2 rings (SSSR count). The van der Waals surface area contributed by atoms with E-state index in [1.807, 2.05) is 13.8 Å². The monoisotopic (exact) mass is 423 g/mol. The number of hydrogen-bond donors (Lipinski definition) is 3. The standard InChI is InChI=1S/C20H23F2N3O5/c1-3-28-16-10-9-13(11-17(16)29-4-2)24-20(27)23-12-18(26)25-14-7-5-6-8-15(14)30-19(21)22/h5-11,19H,3-4,12H2,1-2H3,(H,25,26)(H2,23,24,27). The van der Waals surface area contributed by atoms with Gasteiger partial charge in [-0.15, -0.1) is 0 Å². The number of halogens is 2. The van der Waals surface area contributed by atoms with Crippen molar-refractivity contribution in [1.82, 2.24) is 5.32 Å². The summed E-state index contributed by atoms with van der Waals surface area (Å²) in [6.45, 7) is 1.15. The number of benzene rings is 2. The van der Waals surface area contributed by atoms with E-state index < -0.39 is 18.5 Å². The lowest BCUT2D eigenvalue weighted by molar-refractivity contribution is -0.115. The summed E-state index contributed by atoms with van der Waals surface area (Å²) >= 11 is 0. The maximum atomic E-state index is 12.4. The second kappa shape index (κ2) is 11.4. The van der Waals surface area contributed by atoms with Crippen molar-refractivity contribution in [1.29, 1.82) is 0 Å². The number of ether oxygens (including phenoxy) is 3. The minimum atomic E-state index is -3.03. The molecule has 0 aliphatic heterocycles. The van der Waals surface area contributed by atoms with E-state index >= 15 is 0 Å². The Bertz CT molecular complexity index is 864. The molecule has 0 unspecified atom stereocenters. The highest BCUT2D eigenvalue weighted by Gasteiger charge is 2.13. The molecule has 3 N–H and O–H groups in total. The first kappa shape index (κ1) is 22.7. The molecule has 0 saturated heterocycles. The van der Waals surface area contributed by atoms with Crippen LogP contribution in [-0.4, -0.2) is 38.3 Å². The Morgan fingerprint density at radius 2 is 1.63 bits per heavy atom. The molecule has 2 aromatic rings. The normalized spacial score (nSPS) is 10.3. The fourth-order valence-electron chi connectivity index (χ4n) is 2.43. The molecule has 0 fully saturated rings. The van der Waals surface area contributed by atoms with Gasteiger partial charge in [-0.1, -0.05) is 12.1 Å². The quantitative estimate of drug-likeness (QED) is 0.539. The van der Waals surface area contributed by atoms with Crippen LogP contribution >= 0.6 is 0 Å². The zero-order chi connectivity index (χ0) is 21.9. The Morgan fingerprint density at radius 1 is 0.933 bits per heavy atom. The van der Waals surface area contributed by atoms with Crippen LogP contribution in [0.5, 0.6) is 17.2 Å². The molecule has 162 valence electrons. The molecule has 8 nitrogen and oxygen atoms in total.